The molecule has 4 amide bonds. The molecule has 6 rings (SSSR count). The van der Waals surface area contributed by atoms with E-state index in [9.17, 15) is 27.6 Å². The van der Waals surface area contributed by atoms with Gasteiger partial charge in [-0.2, -0.15) is 4.31 Å². The van der Waals surface area contributed by atoms with E-state index >= 15 is 0 Å². The fourth-order valence-electron chi connectivity index (χ4n) is 7.27. The lowest BCUT2D eigenvalue weighted by Gasteiger charge is -2.29. The van der Waals surface area contributed by atoms with E-state index in [1.165, 1.54) is 23.4 Å². The van der Waals surface area contributed by atoms with Gasteiger partial charge in [-0.15, -0.1) is 0 Å². The highest BCUT2D eigenvalue weighted by Crippen LogP contribution is 2.34. The van der Waals surface area contributed by atoms with Crippen LogP contribution >= 0.6 is 0 Å². The molecule has 1 saturated heterocycles. The molecule has 17 nitrogen and oxygen atoms in total. The van der Waals surface area contributed by atoms with Crippen LogP contribution in [0.25, 0.3) is 33.6 Å². The van der Waals surface area contributed by atoms with Crippen molar-refractivity contribution >= 4 is 34.0 Å². The van der Waals surface area contributed by atoms with Gasteiger partial charge in [0.25, 0.3) is 0 Å². The molecule has 4 aromatic rings. The van der Waals surface area contributed by atoms with Crippen molar-refractivity contribution in [2.75, 3.05) is 34.0 Å². The van der Waals surface area contributed by atoms with E-state index in [4.69, 9.17) is 9.47 Å². The minimum atomic E-state index is -3.72. The third-order valence-corrected chi connectivity index (χ3v) is 13.0. The van der Waals surface area contributed by atoms with E-state index in [1.54, 1.807) is 45.0 Å². The first-order valence-corrected chi connectivity index (χ1v) is 21.3. The molecule has 0 saturated carbocycles. The second-order valence-electron chi connectivity index (χ2n) is 15.8. The zero-order chi connectivity index (χ0) is 43.5. The fourth-order valence-corrected chi connectivity index (χ4v) is 8.50. The molecule has 4 N–H and O–H groups in total. The van der Waals surface area contributed by atoms with E-state index in [2.05, 4.69) is 30.6 Å². The molecule has 0 radical (unpaired) electrons. The topological polar surface area (TPSA) is 212 Å². The summed E-state index contributed by atoms with van der Waals surface area (Å²) < 4.78 is 37.3. The second-order valence-corrected chi connectivity index (χ2v) is 18.3. The maximum atomic E-state index is 13.9. The van der Waals surface area contributed by atoms with Gasteiger partial charge in [0.1, 0.15) is 35.8 Å². The summed E-state index contributed by atoms with van der Waals surface area (Å²) in [5.74, 6) is -0.107. The van der Waals surface area contributed by atoms with Crippen LogP contribution in [0.2, 0.25) is 0 Å². The Morgan fingerprint density at radius 2 is 1.15 bits per heavy atom. The van der Waals surface area contributed by atoms with Crippen molar-refractivity contribution in [3.8, 4) is 33.6 Å². The number of H-pyrrole nitrogens is 2. The maximum Gasteiger partial charge on any atom is 0.407 e. The first kappa shape index (κ1) is 43.6. The number of nitrogens with zero attached hydrogens (tertiary/aromatic N) is 5. The van der Waals surface area contributed by atoms with Crippen molar-refractivity contribution in [1.82, 2.24) is 44.7 Å². The number of carbonyl (C=O) groups excluding carboxylic acids is 4. The van der Waals surface area contributed by atoms with Crippen LogP contribution in [0.1, 0.15) is 65.3 Å². The van der Waals surface area contributed by atoms with E-state index in [1.807, 2.05) is 74.5 Å². The molecule has 0 spiro atoms. The lowest BCUT2D eigenvalue weighted by atomic mass is 10.0. The van der Waals surface area contributed by atoms with Crippen molar-refractivity contribution < 1.29 is 37.1 Å². The molecule has 60 heavy (non-hydrogen) atoms. The first-order valence-electron chi connectivity index (χ1n) is 19.8. The number of aromatic amines is 2. The summed E-state index contributed by atoms with van der Waals surface area (Å²) in [5.41, 5.74) is 5.17. The molecule has 4 heterocycles. The van der Waals surface area contributed by atoms with E-state index in [0.717, 1.165) is 27.9 Å². The molecule has 320 valence electrons. The number of carbonyl (C=O) groups is 4. The van der Waals surface area contributed by atoms with Crippen LogP contribution in [-0.4, -0.2) is 118 Å². The number of alkyl carbamates (subject to hydrolysis) is 2. The molecule has 18 heteroatoms. The highest BCUT2D eigenvalue weighted by molar-refractivity contribution is 7.89. The molecule has 2 aromatic heterocycles. The lowest BCUT2D eigenvalue weighted by molar-refractivity contribution is -0.136. The van der Waals surface area contributed by atoms with E-state index in [-0.39, 0.29) is 31.0 Å². The zero-order valence-electron chi connectivity index (χ0n) is 35.0. The molecule has 0 bridgehead atoms. The van der Waals surface area contributed by atoms with Gasteiger partial charge in [-0.25, -0.2) is 28.0 Å². The summed E-state index contributed by atoms with van der Waals surface area (Å²) in [6.45, 7) is 10.7. The standard InChI is InChI=1S/C42H53N9O8S/c1-24(2)35(47-41(54)58-7)39(52)50-19-9-10-33(50)37-43-20-31(45-37)29-15-11-27(12-16-29)28-13-17-30(18-14-28)32-21-44-38(46-32)34-22-49(60(56,57)26(5)6)23-51(34)40(53)36(25(3)4)48-42(55)59-8/h9-18,20-21,24-26,33-36H,19,22-23H2,1-8H3,(H,43,45)(H,44,46)(H,47,54)(H,48,55)/t33-,34-,35?,36-/m0/s1. The molecule has 4 atom stereocenters. The number of aromatic nitrogens is 4. The number of nitrogens with one attached hydrogen (secondary N) is 4. The minimum Gasteiger partial charge on any atom is -0.453 e. The smallest absolute Gasteiger partial charge is 0.407 e. The summed E-state index contributed by atoms with van der Waals surface area (Å²) in [5, 5.41) is 4.55. The fraction of sp³-hybridized carbons (Fsp3) is 0.429. The van der Waals surface area contributed by atoms with Crippen LogP contribution in [-0.2, 0) is 29.1 Å². The van der Waals surface area contributed by atoms with Gasteiger partial charge < -0.3 is 39.9 Å². The summed E-state index contributed by atoms with van der Waals surface area (Å²) in [7, 11) is -1.24. The zero-order valence-corrected chi connectivity index (χ0v) is 35.8. The van der Waals surface area contributed by atoms with Crippen molar-refractivity contribution in [3.63, 3.8) is 0 Å². The monoisotopic (exact) mass is 843 g/mol. The Kier molecular flexibility index (Phi) is 13.1. The van der Waals surface area contributed by atoms with Gasteiger partial charge in [0, 0.05) is 13.1 Å². The quantitative estimate of drug-likeness (QED) is 0.129. The molecular weight excluding hydrogens is 791 g/mol. The number of sulfonamides is 1. The number of hydrogen-bond donors (Lipinski definition) is 4. The summed E-state index contributed by atoms with van der Waals surface area (Å²) in [6.07, 6.45) is 5.80. The van der Waals surface area contributed by atoms with Crippen LogP contribution in [0.5, 0.6) is 0 Å². The third-order valence-electron chi connectivity index (χ3n) is 10.8. The van der Waals surface area contributed by atoms with Crippen molar-refractivity contribution in [3.05, 3.63) is 84.7 Å². The van der Waals surface area contributed by atoms with Gasteiger partial charge in [-0.3, -0.25) is 9.59 Å². The molecule has 2 aliphatic heterocycles. The SMILES string of the molecule is COC(=O)NC(C(=O)N1CC=C[C@H]1c1ncc(-c2ccc(-c3ccc(-c4cnc([C@@H]5CN(S(=O)(=O)C(C)C)CN5C(=O)[C@@H](NC(=O)OC)C(C)C)[nH]4)cc3)cc2)[nH]1)C(C)C. The number of hydrogen-bond acceptors (Lipinski definition) is 10. The number of imidazole rings is 2. The summed E-state index contributed by atoms with van der Waals surface area (Å²) in [6, 6.07) is 13.1. The van der Waals surface area contributed by atoms with Crippen LogP contribution in [0.4, 0.5) is 9.59 Å². The van der Waals surface area contributed by atoms with E-state index < -0.39 is 57.5 Å². The first-order chi connectivity index (χ1) is 28.5. The Balaban J connectivity index is 1.16. The second kappa shape index (κ2) is 18.1. The van der Waals surface area contributed by atoms with Gasteiger partial charge in [0.2, 0.25) is 21.8 Å². The molecule has 2 aliphatic rings. The Hall–Kier alpha value is -6.01. The minimum absolute atomic E-state index is 0.00169. The van der Waals surface area contributed by atoms with Crippen molar-refractivity contribution in [2.45, 2.75) is 71.0 Å². The number of benzene rings is 2. The van der Waals surface area contributed by atoms with Crippen LogP contribution in [0.3, 0.4) is 0 Å². The number of methoxy groups -OCH3 is 2. The Morgan fingerprint density at radius 3 is 1.62 bits per heavy atom. The molecule has 0 aliphatic carbocycles. The largest absolute Gasteiger partial charge is 0.453 e. The van der Waals surface area contributed by atoms with E-state index in [0.29, 0.717) is 23.9 Å². The molecule has 1 unspecified atom stereocenters. The number of rotatable bonds is 13. The van der Waals surface area contributed by atoms with Crippen LogP contribution < -0.4 is 10.6 Å². The maximum absolute atomic E-state index is 13.9. The predicted molar refractivity (Wildman–Crippen MR) is 224 cm³/mol. The lowest BCUT2D eigenvalue weighted by Crippen LogP contribution is -2.51. The number of ether oxygens (including phenoxy) is 2. The summed E-state index contributed by atoms with van der Waals surface area (Å²) in [4.78, 5) is 70.5. The average molecular weight is 844 g/mol. The molecule has 1 fully saturated rings. The van der Waals surface area contributed by atoms with Gasteiger partial charge in [-0.1, -0.05) is 88.4 Å². The molecule has 2 aromatic carbocycles. The van der Waals surface area contributed by atoms with Gasteiger partial charge >= 0.3 is 12.2 Å². The van der Waals surface area contributed by atoms with Crippen LogP contribution in [0, 0.1) is 11.8 Å². The van der Waals surface area contributed by atoms with Crippen molar-refractivity contribution in [2.24, 2.45) is 11.8 Å². The Labute approximate surface area is 350 Å². The Morgan fingerprint density at radius 1 is 0.700 bits per heavy atom. The van der Waals surface area contributed by atoms with Crippen LogP contribution in [0.15, 0.2) is 73.1 Å². The van der Waals surface area contributed by atoms with Gasteiger partial charge in [-0.05, 0) is 47.9 Å². The van der Waals surface area contributed by atoms with Crippen molar-refractivity contribution in [1.29, 1.82) is 0 Å². The van der Waals surface area contributed by atoms with Gasteiger partial charge in [0.15, 0.2) is 0 Å². The third kappa shape index (κ3) is 9.08. The predicted octanol–water partition coefficient (Wildman–Crippen LogP) is 5.22. The number of amides is 4. The average Bonchev–Trinajstić information content (AvgIpc) is 4.07. The summed E-state index contributed by atoms with van der Waals surface area (Å²) >= 11 is 0. The molecular formula is C42H53N9O8S. The van der Waals surface area contributed by atoms with Gasteiger partial charge in [0.05, 0.1) is 49.9 Å². The Bertz CT molecular complexity index is 2320. The highest BCUT2D eigenvalue weighted by Gasteiger charge is 2.45. The normalized spacial score (nSPS) is 18.0. The highest BCUT2D eigenvalue weighted by atomic mass is 32.2.